The molecule has 0 aromatic carbocycles. The summed E-state index contributed by atoms with van der Waals surface area (Å²) < 4.78 is 20.3. The summed E-state index contributed by atoms with van der Waals surface area (Å²) in [7, 11) is -4.89. The number of hydrogen-bond acceptors (Lipinski definition) is 10. The van der Waals surface area contributed by atoms with E-state index in [2.05, 4.69) is 4.52 Å². The zero-order valence-electron chi connectivity index (χ0n) is 25.0. The first-order valence-corrected chi connectivity index (χ1v) is 16.3. The van der Waals surface area contributed by atoms with Crippen molar-refractivity contribution in [1.29, 1.82) is 0 Å². The minimum atomic E-state index is -4.89. The SMILES string of the molecule is CC(C)(O)CCC(O)[C@](C)(O)[C@H]1CC[C@@]2(O)C3=CC(=O)[C@@H]4C[C@@H](OC(=O)COP(=O)(O)O)[C@@H](O)C[C@]4(C)[C@H]3CC[C@]12C. The normalized spacial score (nSPS) is 40.7. The van der Waals surface area contributed by atoms with Crippen LogP contribution in [0, 0.1) is 28.6 Å². The molecular weight excluding hydrogens is 571 g/mol. The van der Waals surface area contributed by atoms with Gasteiger partial charge in [0.1, 0.15) is 6.10 Å². The van der Waals surface area contributed by atoms with E-state index >= 15 is 0 Å². The van der Waals surface area contributed by atoms with Gasteiger partial charge in [-0.15, -0.1) is 0 Å². The molecule has 0 aliphatic heterocycles. The zero-order valence-corrected chi connectivity index (χ0v) is 25.9. The predicted molar refractivity (Wildman–Crippen MR) is 148 cm³/mol. The fourth-order valence-electron chi connectivity index (χ4n) is 8.77. The van der Waals surface area contributed by atoms with Crippen LogP contribution in [0.25, 0.3) is 0 Å². The summed E-state index contributed by atoms with van der Waals surface area (Å²) in [5.74, 6) is -2.69. The number of carbonyl (C=O) groups excluding carboxylic acids is 2. The minimum Gasteiger partial charge on any atom is -0.458 e. The third-order valence-corrected chi connectivity index (χ3v) is 11.6. The van der Waals surface area contributed by atoms with Crippen molar-refractivity contribution < 1.29 is 58.7 Å². The molecule has 0 heterocycles. The summed E-state index contributed by atoms with van der Waals surface area (Å²) in [6, 6.07) is 0. The lowest BCUT2D eigenvalue weighted by molar-refractivity contribution is -0.184. The Morgan fingerprint density at radius 3 is 2.38 bits per heavy atom. The molecule has 0 spiro atoms. The Labute approximate surface area is 246 Å². The number of ether oxygens (including phenoxy) is 1. The van der Waals surface area contributed by atoms with Gasteiger partial charge in [-0.2, -0.15) is 0 Å². The van der Waals surface area contributed by atoms with Crippen molar-refractivity contribution in [3.8, 4) is 0 Å². The zero-order chi connectivity index (χ0) is 31.7. The van der Waals surface area contributed by atoms with E-state index in [9.17, 15) is 39.7 Å². The van der Waals surface area contributed by atoms with Gasteiger partial charge in [0.05, 0.1) is 29.0 Å². The average molecular weight is 619 g/mol. The number of hydrogen-bond donors (Lipinski definition) is 7. The number of ketones is 1. The van der Waals surface area contributed by atoms with Gasteiger partial charge < -0.3 is 40.1 Å². The summed E-state index contributed by atoms with van der Waals surface area (Å²) >= 11 is 0. The highest BCUT2D eigenvalue weighted by Gasteiger charge is 2.69. The van der Waals surface area contributed by atoms with Crippen LogP contribution in [0.2, 0.25) is 0 Å². The minimum absolute atomic E-state index is 0.0128. The largest absolute Gasteiger partial charge is 0.470 e. The predicted octanol–water partition coefficient (Wildman–Crippen LogP) is 1.51. The third kappa shape index (κ3) is 5.91. The first-order valence-electron chi connectivity index (χ1n) is 14.7. The molecule has 10 atom stereocenters. The molecule has 7 N–H and O–H groups in total. The van der Waals surface area contributed by atoms with Crippen LogP contribution in [0.15, 0.2) is 11.6 Å². The Kier molecular flexibility index (Phi) is 8.82. The number of allylic oxidation sites excluding steroid dienone is 1. The Hall–Kier alpha value is -1.21. The third-order valence-electron chi connectivity index (χ3n) is 11.1. The molecule has 0 bridgehead atoms. The van der Waals surface area contributed by atoms with Crippen molar-refractivity contribution in [1.82, 2.24) is 0 Å². The van der Waals surface area contributed by atoms with Crippen LogP contribution in [0.1, 0.15) is 86.0 Å². The molecule has 12 nitrogen and oxygen atoms in total. The van der Waals surface area contributed by atoms with Crippen LogP contribution in [-0.2, 0) is 23.4 Å². The van der Waals surface area contributed by atoms with Crippen molar-refractivity contribution in [3.63, 3.8) is 0 Å². The van der Waals surface area contributed by atoms with E-state index in [4.69, 9.17) is 14.5 Å². The second-order valence-electron chi connectivity index (χ2n) is 14.4. The highest BCUT2D eigenvalue weighted by atomic mass is 31.2. The van der Waals surface area contributed by atoms with Gasteiger partial charge in [-0.1, -0.05) is 13.8 Å². The van der Waals surface area contributed by atoms with Crippen molar-refractivity contribution in [2.45, 2.75) is 121 Å². The molecule has 3 fully saturated rings. The van der Waals surface area contributed by atoms with E-state index in [0.717, 1.165) is 0 Å². The number of fused-ring (bicyclic) bond motifs is 5. The molecule has 3 saturated carbocycles. The molecule has 0 amide bonds. The molecule has 42 heavy (non-hydrogen) atoms. The van der Waals surface area contributed by atoms with Gasteiger partial charge in [0.25, 0.3) is 0 Å². The summed E-state index contributed by atoms with van der Waals surface area (Å²) in [5, 5.41) is 56.2. The number of esters is 1. The molecule has 0 aromatic rings. The molecule has 240 valence electrons. The van der Waals surface area contributed by atoms with Crippen LogP contribution in [0.3, 0.4) is 0 Å². The van der Waals surface area contributed by atoms with Crippen LogP contribution in [0.5, 0.6) is 0 Å². The molecular formula is C29H47O12P. The highest BCUT2D eigenvalue weighted by Crippen LogP contribution is 2.68. The van der Waals surface area contributed by atoms with Crippen LogP contribution < -0.4 is 0 Å². The smallest absolute Gasteiger partial charge is 0.458 e. The van der Waals surface area contributed by atoms with E-state index < -0.39 is 78.2 Å². The fourth-order valence-corrected chi connectivity index (χ4v) is 9.05. The number of aliphatic hydroxyl groups is 5. The van der Waals surface area contributed by atoms with E-state index in [1.807, 2.05) is 13.8 Å². The number of phosphoric ester groups is 1. The Balaban J connectivity index is 1.57. The quantitative estimate of drug-likeness (QED) is 0.145. The second-order valence-corrected chi connectivity index (χ2v) is 15.7. The number of phosphoric acid groups is 1. The van der Waals surface area contributed by atoms with Gasteiger partial charge in [0.2, 0.25) is 0 Å². The summed E-state index contributed by atoms with van der Waals surface area (Å²) in [4.78, 5) is 43.4. The maximum atomic E-state index is 13.6. The molecule has 0 aromatic heterocycles. The number of rotatable bonds is 9. The van der Waals surface area contributed by atoms with Crippen LogP contribution >= 0.6 is 7.82 Å². The van der Waals surface area contributed by atoms with E-state index in [-0.39, 0.29) is 37.4 Å². The van der Waals surface area contributed by atoms with Gasteiger partial charge in [-0.25, -0.2) is 9.36 Å². The number of carbonyl (C=O) groups is 2. The monoisotopic (exact) mass is 618 g/mol. The summed E-state index contributed by atoms with van der Waals surface area (Å²) in [5.41, 5.74) is -4.99. The standard InChI is InChI=1S/C29H47O12P/c1-25(2,34)9-8-23(32)28(5,35)22-7-11-29(36)17-12-19(30)18-13-21(41-24(33)15-40-42(37,38)39)20(31)14-26(18,3)16(17)6-10-27(22,29)4/h12,16,18,20-23,31-32,34-36H,6-11,13-15H2,1-5H3,(H2,37,38,39)/t16-,18-,20-,21+,22-,23?,26+,27+,28+,29+/m0/s1. The van der Waals surface area contributed by atoms with Gasteiger partial charge in [-0.3, -0.25) is 9.32 Å². The molecule has 0 radical (unpaired) electrons. The lowest BCUT2D eigenvalue weighted by Gasteiger charge is -2.60. The van der Waals surface area contributed by atoms with E-state index in [0.29, 0.717) is 31.3 Å². The maximum Gasteiger partial charge on any atom is 0.470 e. The number of aliphatic hydroxyl groups excluding tert-OH is 2. The summed E-state index contributed by atoms with van der Waals surface area (Å²) in [6.45, 7) is 7.67. The van der Waals surface area contributed by atoms with Gasteiger partial charge in [0.15, 0.2) is 12.4 Å². The van der Waals surface area contributed by atoms with Crippen LogP contribution in [0.4, 0.5) is 0 Å². The lowest BCUT2D eigenvalue weighted by Crippen LogP contribution is -2.63. The fraction of sp³-hybridized carbons (Fsp3) is 0.862. The second kappa shape index (κ2) is 11.0. The lowest BCUT2D eigenvalue weighted by atomic mass is 9.45. The molecule has 4 rings (SSSR count). The molecule has 4 aliphatic carbocycles. The van der Waals surface area contributed by atoms with Crippen molar-refractivity contribution >= 4 is 19.6 Å². The first kappa shape index (κ1) is 33.7. The molecule has 1 unspecified atom stereocenters. The Morgan fingerprint density at radius 2 is 1.79 bits per heavy atom. The average Bonchev–Trinajstić information content (AvgIpc) is 3.13. The van der Waals surface area contributed by atoms with Crippen LogP contribution in [-0.4, -0.2) is 88.8 Å². The van der Waals surface area contributed by atoms with Crippen molar-refractivity contribution in [2.75, 3.05) is 6.61 Å². The first-order chi connectivity index (χ1) is 19.0. The Morgan fingerprint density at radius 1 is 1.14 bits per heavy atom. The molecule has 4 aliphatic rings. The highest BCUT2D eigenvalue weighted by molar-refractivity contribution is 7.46. The van der Waals surface area contributed by atoms with Gasteiger partial charge in [0, 0.05) is 11.3 Å². The molecule has 13 heteroatoms. The van der Waals surface area contributed by atoms with Gasteiger partial charge >= 0.3 is 13.8 Å². The maximum absolute atomic E-state index is 13.6. The van der Waals surface area contributed by atoms with E-state index in [1.54, 1.807) is 20.8 Å². The summed E-state index contributed by atoms with van der Waals surface area (Å²) in [6.07, 6.45) is 0.529. The Bertz CT molecular complexity index is 1160. The van der Waals surface area contributed by atoms with Crippen molar-refractivity contribution in [2.24, 2.45) is 28.6 Å². The van der Waals surface area contributed by atoms with Gasteiger partial charge in [-0.05, 0) is 101 Å². The molecule has 0 saturated heterocycles. The topological polar surface area (TPSA) is 211 Å². The van der Waals surface area contributed by atoms with Crippen molar-refractivity contribution in [3.05, 3.63) is 11.6 Å². The van der Waals surface area contributed by atoms with E-state index in [1.165, 1.54) is 6.08 Å².